The highest BCUT2D eigenvalue weighted by Crippen LogP contribution is 2.29. The topological polar surface area (TPSA) is 42.0 Å². The van der Waals surface area contributed by atoms with Crippen molar-refractivity contribution in [1.82, 2.24) is 4.98 Å². The predicted molar refractivity (Wildman–Crippen MR) is 122 cm³/mol. The predicted octanol–water partition coefficient (Wildman–Crippen LogP) is 7.33. The molecule has 138 valence electrons. The number of hydrogen-bond acceptors (Lipinski definition) is 2. The van der Waals surface area contributed by atoms with E-state index in [-0.39, 0.29) is 5.91 Å². The second kappa shape index (κ2) is 8.03. The number of para-hydroxylation sites is 1. The number of amides is 1. The Balaban J connectivity index is 1.80. The summed E-state index contributed by atoms with van der Waals surface area (Å²) >= 11 is 12.9. The van der Waals surface area contributed by atoms with Crippen LogP contribution in [0.3, 0.4) is 0 Å². The van der Waals surface area contributed by atoms with Crippen LogP contribution in [-0.2, 0) is 0 Å². The van der Waals surface area contributed by atoms with Crippen molar-refractivity contribution >= 4 is 66.0 Å². The van der Waals surface area contributed by atoms with Crippen molar-refractivity contribution in [2.24, 2.45) is 0 Å². The largest absolute Gasteiger partial charge is 0.321 e. The number of hydrogen-bond donors (Lipinski definition) is 1. The molecule has 0 aliphatic rings. The molecule has 3 aromatic carbocycles. The maximum Gasteiger partial charge on any atom is 0.256 e. The minimum Gasteiger partial charge on any atom is -0.321 e. The molecule has 1 aromatic heterocycles. The Kier molecular flexibility index (Phi) is 5.49. The van der Waals surface area contributed by atoms with Crippen LogP contribution in [0.1, 0.15) is 10.4 Å². The van der Waals surface area contributed by atoms with Gasteiger partial charge in [0.25, 0.3) is 5.91 Å². The van der Waals surface area contributed by atoms with Gasteiger partial charge in [-0.05, 0) is 58.4 Å². The third-order valence-electron chi connectivity index (χ3n) is 4.28. The lowest BCUT2D eigenvalue weighted by Crippen LogP contribution is -2.13. The Hall–Kier alpha value is -2.21. The molecular formula is C22H13Br2ClN2O. The van der Waals surface area contributed by atoms with Gasteiger partial charge < -0.3 is 5.32 Å². The maximum absolute atomic E-state index is 13.1. The molecule has 4 rings (SSSR count). The van der Waals surface area contributed by atoms with Crippen LogP contribution in [0, 0.1) is 0 Å². The van der Waals surface area contributed by atoms with Crippen molar-refractivity contribution in [3.63, 3.8) is 0 Å². The molecule has 0 atom stereocenters. The number of nitrogens with one attached hydrogen (secondary N) is 1. The number of pyridine rings is 1. The van der Waals surface area contributed by atoms with Crippen LogP contribution in [0.5, 0.6) is 0 Å². The van der Waals surface area contributed by atoms with E-state index in [1.54, 1.807) is 0 Å². The van der Waals surface area contributed by atoms with Gasteiger partial charge in [-0.1, -0.05) is 57.9 Å². The molecule has 28 heavy (non-hydrogen) atoms. The molecule has 1 N–H and O–H groups in total. The van der Waals surface area contributed by atoms with Crippen LogP contribution >= 0.6 is 43.5 Å². The van der Waals surface area contributed by atoms with Gasteiger partial charge >= 0.3 is 0 Å². The van der Waals surface area contributed by atoms with Gasteiger partial charge in [-0.25, -0.2) is 4.98 Å². The number of benzene rings is 3. The lowest BCUT2D eigenvalue weighted by atomic mass is 10.0. The summed E-state index contributed by atoms with van der Waals surface area (Å²) < 4.78 is 1.73. The summed E-state index contributed by atoms with van der Waals surface area (Å²) in [5, 5.41) is 4.43. The van der Waals surface area contributed by atoms with Crippen molar-refractivity contribution in [2.75, 3.05) is 5.32 Å². The fourth-order valence-corrected chi connectivity index (χ4v) is 4.18. The fourth-order valence-electron chi connectivity index (χ4n) is 2.91. The summed E-state index contributed by atoms with van der Waals surface area (Å²) in [6, 6.07) is 22.5. The van der Waals surface area contributed by atoms with E-state index in [4.69, 9.17) is 16.6 Å². The molecule has 0 unspecified atom stereocenters. The fraction of sp³-hybridized carbons (Fsp3) is 0. The van der Waals surface area contributed by atoms with Gasteiger partial charge in [-0.2, -0.15) is 0 Å². The van der Waals surface area contributed by atoms with Crippen LogP contribution in [0.4, 0.5) is 5.69 Å². The van der Waals surface area contributed by atoms with Crippen molar-refractivity contribution in [2.45, 2.75) is 0 Å². The molecule has 0 aliphatic heterocycles. The molecule has 1 amide bonds. The van der Waals surface area contributed by atoms with Crippen molar-refractivity contribution < 1.29 is 4.79 Å². The molecule has 0 radical (unpaired) electrons. The molecule has 3 nitrogen and oxygen atoms in total. The summed E-state index contributed by atoms with van der Waals surface area (Å²) in [5.41, 5.74) is 3.63. The number of anilines is 1. The molecule has 0 saturated carbocycles. The number of carbonyl (C=O) groups excluding carboxylic acids is 1. The van der Waals surface area contributed by atoms with E-state index in [0.717, 1.165) is 31.1 Å². The molecule has 0 saturated heterocycles. The van der Waals surface area contributed by atoms with Gasteiger partial charge in [0.2, 0.25) is 0 Å². The molecular weight excluding hydrogens is 504 g/mol. The first kappa shape index (κ1) is 19.1. The minimum absolute atomic E-state index is 0.197. The number of nitrogens with zero attached hydrogens (tertiary/aromatic N) is 1. The summed E-state index contributed by atoms with van der Waals surface area (Å²) in [6.07, 6.45) is 0. The molecule has 0 aliphatic carbocycles. The second-order valence-electron chi connectivity index (χ2n) is 6.16. The van der Waals surface area contributed by atoms with Crippen LogP contribution < -0.4 is 5.32 Å². The normalized spacial score (nSPS) is 10.8. The van der Waals surface area contributed by atoms with Gasteiger partial charge in [-0.3, -0.25) is 4.79 Å². The van der Waals surface area contributed by atoms with Crippen LogP contribution in [0.25, 0.3) is 22.2 Å². The zero-order valence-corrected chi connectivity index (χ0v) is 18.3. The number of aromatic nitrogens is 1. The highest BCUT2D eigenvalue weighted by Gasteiger charge is 2.15. The average Bonchev–Trinajstić information content (AvgIpc) is 2.69. The summed E-state index contributed by atoms with van der Waals surface area (Å²) in [4.78, 5) is 17.8. The quantitative estimate of drug-likeness (QED) is 0.310. The molecule has 0 spiro atoms. The molecule has 1 heterocycles. The van der Waals surface area contributed by atoms with Crippen molar-refractivity contribution in [3.8, 4) is 11.3 Å². The van der Waals surface area contributed by atoms with Gasteiger partial charge in [0.15, 0.2) is 0 Å². The Morgan fingerprint density at radius 1 is 0.929 bits per heavy atom. The highest BCUT2D eigenvalue weighted by atomic mass is 79.9. The lowest BCUT2D eigenvalue weighted by molar-refractivity contribution is 0.102. The average molecular weight is 517 g/mol. The Morgan fingerprint density at radius 2 is 1.68 bits per heavy atom. The van der Waals surface area contributed by atoms with E-state index >= 15 is 0 Å². The third kappa shape index (κ3) is 3.97. The lowest BCUT2D eigenvalue weighted by Gasteiger charge is -2.12. The number of halogens is 3. The number of rotatable bonds is 3. The SMILES string of the molecule is O=C(Nc1ccc(Br)cc1Br)c1cc(-c2ccc(Cl)cc2)nc2ccccc12. The van der Waals surface area contributed by atoms with E-state index in [9.17, 15) is 4.79 Å². The van der Waals surface area contributed by atoms with E-state index in [1.165, 1.54) is 0 Å². The first-order chi connectivity index (χ1) is 13.5. The zero-order valence-electron chi connectivity index (χ0n) is 14.4. The zero-order chi connectivity index (χ0) is 19.7. The summed E-state index contributed by atoms with van der Waals surface area (Å²) in [5.74, 6) is -0.197. The van der Waals surface area contributed by atoms with Crippen molar-refractivity contribution in [3.05, 3.63) is 92.3 Å². The van der Waals surface area contributed by atoms with E-state index in [2.05, 4.69) is 37.2 Å². The van der Waals surface area contributed by atoms with Crippen LogP contribution in [0.2, 0.25) is 5.02 Å². The Bertz CT molecular complexity index is 1190. The van der Waals surface area contributed by atoms with Gasteiger partial charge in [0.05, 0.1) is 22.5 Å². The van der Waals surface area contributed by atoms with E-state index in [1.807, 2.05) is 72.8 Å². The van der Waals surface area contributed by atoms with Crippen molar-refractivity contribution in [1.29, 1.82) is 0 Å². The molecule has 4 aromatic rings. The number of fused-ring (bicyclic) bond motifs is 1. The van der Waals surface area contributed by atoms with E-state index in [0.29, 0.717) is 16.3 Å². The monoisotopic (exact) mass is 514 g/mol. The Labute approximate surface area is 184 Å². The molecule has 0 fully saturated rings. The highest BCUT2D eigenvalue weighted by molar-refractivity contribution is 9.11. The first-order valence-corrected chi connectivity index (χ1v) is 10.4. The van der Waals surface area contributed by atoms with Gasteiger partial charge in [-0.15, -0.1) is 0 Å². The first-order valence-electron chi connectivity index (χ1n) is 8.43. The van der Waals surface area contributed by atoms with Gasteiger partial charge in [0.1, 0.15) is 0 Å². The summed E-state index contributed by atoms with van der Waals surface area (Å²) in [7, 11) is 0. The number of carbonyl (C=O) groups is 1. The van der Waals surface area contributed by atoms with Gasteiger partial charge in [0, 0.05) is 24.9 Å². The smallest absolute Gasteiger partial charge is 0.256 e. The maximum atomic E-state index is 13.1. The van der Waals surface area contributed by atoms with E-state index < -0.39 is 0 Å². The standard InChI is InChI=1S/C22H13Br2ClN2O/c23-14-7-10-20(18(24)11-14)27-22(28)17-12-21(13-5-8-15(25)9-6-13)26-19-4-2-1-3-16(17)19/h1-12H,(H,27,28). The van der Waals surface area contributed by atoms with Crippen LogP contribution in [0.15, 0.2) is 81.7 Å². The molecule has 6 heteroatoms. The minimum atomic E-state index is -0.197. The summed E-state index contributed by atoms with van der Waals surface area (Å²) in [6.45, 7) is 0. The van der Waals surface area contributed by atoms with Crippen LogP contribution in [-0.4, -0.2) is 10.9 Å². The molecule has 0 bridgehead atoms. The second-order valence-corrected chi connectivity index (χ2v) is 8.36. The Morgan fingerprint density at radius 3 is 2.43 bits per heavy atom. The third-order valence-corrected chi connectivity index (χ3v) is 5.68.